The third-order valence-corrected chi connectivity index (χ3v) is 10.7. The van der Waals surface area contributed by atoms with E-state index < -0.39 is 27.8 Å². The van der Waals surface area contributed by atoms with Crippen molar-refractivity contribution in [3.63, 3.8) is 0 Å². The first kappa shape index (κ1) is 44.2. The number of methoxy groups -OCH3 is 1. The van der Waals surface area contributed by atoms with E-state index in [0.29, 0.717) is 57.0 Å². The number of hydrogen-bond acceptors (Lipinski definition) is 13. The normalized spacial score (nSPS) is 20.8. The molecular formula is C34H67NO12. The molecule has 0 heterocycles. The van der Waals surface area contributed by atoms with Gasteiger partial charge in [-0.25, -0.2) is 0 Å². The van der Waals surface area contributed by atoms with Gasteiger partial charge in [0.25, 0.3) is 0 Å². The van der Waals surface area contributed by atoms with Gasteiger partial charge in [-0.1, -0.05) is 32.9 Å². The van der Waals surface area contributed by atoms with Crippen LogP contribution in [0.25, 0.3) is 0 Å². The second-order valence-corrected chi connectivity index (χ2v) is 14.2. The van der Waals surface area contributed by atoms with E-state index in [-0.39, 0.29) is 91.9 Å². The van der Waals surface area contributed by atoms with E-state index in [1.54, 1.807) is 7.11 Å². The van der Waals surface area contributed by atoms with Crippen LogP contribution in [-0.2, 0) is 23.7 Å². The summed E-state index contributed by atoms with van der Waals surface area (Å²) in [4.78, 5) is 11.1. The summed E-state index contributed by atoms with van der Waals surface area (Å²) >= 11 is 0. The second-order valence-electron chi connectivity index (χ2n) is 14.2. The third-order valence-electron chi connectivity index (χ3n) is 10.7. The largest absolute Gasteiger partial charge is 0.396 e. The Morgan fingerprint density at radius 3 is 1.49 bits per heavy atom. The smallest absolute Gasteiger partial charge is 0.105 e. The molecule has 0 aliphatic heterocycles. The number of ether oxygens (including phenoxy) is 5. The van der Waals surface area contributed by atoms with Crippen LogP contribution in [0.4, 0.5) is 0 Å². The molecule has 0 aromatic heterocycles. The Morgan fingerprint density at radius 1 is 0.617 bits per heavy atom. The summed E-state index contributed by atoms with van der Waals surface area (Å²) in [6.45, 7) is 7.91. The Hall–Kier alpha value is -0.840. The van der Waals surface area contributed by atoms with Crippen LogP contribution in [0.3, 0.4) is 0 Å². The molecule has 0 radical (unpaired) electrons. The molecule has 0 saturated heterocycles. The Morgan fingerprint density at radius 2 is 1.06 bits per heavy atom. The standard InChI is InChI=1S/C34H67NO12/c1-6-31(17-36,18-37)12-28-10-27(28)11-29(13-44-26-34(9-4,22-41)23-43-5)47-30(15-46-25-33(8-3,20-39)21-40)14-45-24-32(7-2,19-38)16-35-42/h27-30,36-41H,6-26H2,1-5H3. The van der Waals surface area contributed by atoms with Crippen molar-refractivity contribution in [1.82, 2.24) is 0 Å². The van der Waals surface area contributed by atoms with E-state index in [1.807, 2.05) is 27.7 Å². The van der Waals surface area contributed by atoms with Crippen molar-refractivity contribution >= 4 is 0 Å². The molecule has 1 saturated carbocycles. The predicted octanol–water partition coefficient (Wildman–Crippen LogP) is 2.16. The van der Waals surface area contributed by atoms with Crippen molar-refractivity contribution in [1.29, 1.82) is 0 Å². The van der Waals surface area contributed by atoms with Gasteiger partial charge in [-0.15, -0.1) is 0 Å². The van der Waals surface area contributed by atoms with Crippen molar-refractivity contribution in [3.8, 4) is 0 Å². The molecule has 13 nitrogen and oxygen atoms in total. The zero-order chi connectivity index (χ0) is 35.4. The van der Waals surface area contributed by atoms with Gasteiger partial charge >= 0.3 is 0 Å². The van der Waals surface area contributed by atoms with E-state index >= 15 is 0 Å². The monoisotopic (exact) mass is 681 g/mol. The van der Waals surface area contributed by atoms with Crippen LogP contribution in [0, 0.1) is 38.4 Å². The van der Waals surface area contributed by atoms with Crippen LogP contribution in [-0.4, -0.2) is 142 Å². The molecule has 1 aliphatic rings. The molecule has 0 spiro atoms. The maximum absolute atomic E-state index is 11.1. The Labute approximate surface area is 282 Å². The fourth-order valence-electron chi connectivity index (χ4n) is 5.90. The summed E-state index contributed by atoms with van der Waals surface area (Å²) in [5.41, 5.74) is -2.66. The molecule has 6 unspecified atom stereocenters. The van der Waals surface area contributed by atoms with E-state index in [1.165, 1.54) is 0 Å². The molecule has 6 atom stereocenters. The van der Waals surface area contributed by atoms with Crippen LogP contribution in [0.15, 0.2) is 5.18 Å². The first-order chi connectivity index (χ1) is 22.6. The highest BCUT2D eigenvalue weighted by atomic mass is 16.6. The van der Waals surface area contributed by atoms with Gasteiger partial charge in [0.05, 0.1) is 98.5 Å². The minimum atomic E-state index is -0.803. The van der Waals surface area contributed by atoms with Crippen molar-refractivity contribution in [2.75, 3.05) is 99.5 Å². The molecule has 0 bridgehead atoms. The zero-order valence-electron chi connectivity index (χ0n) is 29.7. The molecular weight excluding hydrogens is 614 g/mol. The number of aliphatic hydroxyl groups excluding tert-OH is 6. The second kappa shape index (κ2) is 22.8. The molecule has 1 fully saturated rings. The number of aliphatic hydroxyl groups is 6. The number of rotatable bonds is 32. The summed E-state index contributed by atoms with van der Waals surface area (Å²) in [6, 6.07) is 0. The van der Waals surface area contributed by atoms with Gasteiger partial charge in [0.2, 0.25) is 0 Å². The molecule has 0 aromatic rings. The summed E-state index contributed by atoms with van der Waals surface area (Å²) in [7, 11) is 1.59. The molecule has 0 amide bonds. The maximum Gasteiger partial charge on any atom is 0.105 e. The first-order valence-electron chi connectivity index (χ1n) is 17.4. The van der Waals surface area contributed by atoms with Gasteiger partial charge in [0, 0.05) is 28.8 Å². The Balaban J connectivity index is 3.15. The van der Waals surface area contributed by atoms with Crippen LogP contribution >= 0.6 is 0 Å². The molecule has 1 aliphatic carbocycles. The Bertz CT molecular complexity index is 785. The maximum atomic E-state index is 11.1. The summed E-state index contributed by atoms with van der Waals surface area (Å²) < 4.78 is 30.2. The lowest BCUT2D eigenvalue weighted by molar-refractivity contribution is -0.139. The van der Waals surface area contributed by atoms with E-state index in [2.05, 4.69) is 5.18 Å². The van der Waals surface area contributed by atoms with Gasteiger partial charge in [-0.3, -0.25) is 0 Å². The molecule has 1 rings (SSSR count). The highest BCUT2D eigenvalue weighted by Crippen LogP contribution is 2.50. The minimum Gasteiger partial charge on any atom is -0.396 e. The number of nitroso groups, excluding NO2 is 1. The van der Waals surface area contributed by atoms with E-state index in [9.17, 15) is 35.5 Å². The number of nitrogens with zero attached hydrogens (tertiary/aromatic N) is 1. The first-order valence-corrected chi connectivity index (χ1v) is 17.4. The average molecular weight is 682 g/mol. The predicted molar refractivity (Wildman–Crippen MR) is 178 cm³/mol. The quantitative estimate of drug-likeness (QED) is 0.0567. The minimum absolute atomic E-state index is 0.0730. The van der Waals surface area contributed by atoms with Gasteiger partial charge < -0.3 is 54.3 Å². The van der Waals surface area contributed by atoms with E-state index in [4.69, 9.17) is 23.7 Å². The van der Waals surface area contributed by atoms with Crippen molar-refractivity contribution in [3.05, 3.63) is 4.91 Å². The molecule has 47 heavy (non-hydrogen) atoms. The molecule has 6 N–H and O–H groups in total. The van der Waals surface area contributed by atoms with Crippen LogP contribution in [0.1, 0.15) is 72.6 Å². The van der Waals surface area contributed by atoms with Crippen LogP contribution in [0.2, 0.25) is 0 Å². The fourth-order valence-corrected chi connectivity index (χ4v) is 5.90. The van der Waals surface area contributed by atoms with Crippen molar-refractivity contribution in [2.45, 2.75) is 84.8 Å². The average Bonchev–Trinajstić information content (AvgIpc) is 3.84. The fraction of sp³-hybridized carbons (Fsp3) is 1.00. The SMILES string of the molecule is CCC(CO)(CO)COCC(COCC(CC)(CO)CN=O)OC(COCC(CC)(CO)COC)CC1CC1CC(CC)(CO)CO. The van der Waals surface area contributed by atoms with Gasteiger partial charge in [-0.2, -0.15) is 4.91 Å². The molecule has 280 valence electrons. The topological polar surface area (TPSA) is 197 Å². The Kier molecular flexibility index (Phi) is 21.4. The van der Waals surface area contributed by atoms with E-state index in [0.717, 1.165) is 6.42 Å². The lowest BCUT2D eigenvalue weighted by Gasteiger charge is -2.33. The van der Waals surface area contributed by atoms with Gasteiger partial charge in [0.15, 0.2) is 0 Å². The lowest BCUT2D eigenvalue weighted by Crippen LogP contribution is -2.40. The van der Waals surface area contributed by atoms with Gasteiger partial charge in [-0.05, 0) is 56.8 Å². The van der Waals surface area contributed by atoms with Crippen LogP contribution < -0.4 is 0 Å². The van der Waals surface area contributed by atoms with Crippen molar-refractivity contribution < 1.29 is 54.3 Å². The zero-order valence-corrected chi connectivity index (χ0v) is 29.7. The summed E-state index contributed by atoms with van der Waals surface area (Å²) in [5.74, 6) is 0.636. The van der Waals surface area contributed by atoms with Gasteiger partial charge in [0.1, 0.15) is 6.10 Å². The van der Waals surface area contributed by atoms with Crippen LogP contribution in [0.5, 0.6) is 0 Å². The number of hydrogen-bond donors (Lipinski definition) is 6. The highest BCUT2D eigenvalue weighted by molar-refractivity contribution is 4.94. The third kappa shape index (κ3) is 14.1. The molecule has 0 aromatic carbocycles. The summed E-state index contributed by atoms with van der Waals surface area (Å²) in [6.07, 6.45) is 3.71. The molecule has 13 heteroatoms. The summed E-state index contributed by atoms with van der Waals surface area (Å²) in [5, 5.41) is 62.9. The highest BCUT2D eigenvalue weighted by Gasteiger charge is 2.44. The van der Waals surface area contributed by atoms with Crippen molar-refractivity contribution in [2.24, 2.45) is 38.7 Å². The lowest BCUT2D eigenvalue weighted by atomic mass is 9.81.